The monoisotopic (exact) mass is 286 g/mol. The molecule has 0 saturated carbocycles. The molecule has 0 atom stereocenters. The fourth-order valence-corrected chi connectivity index (χ4v) is 1.90. The van der Waals surface area contributed by atoms with E-state index in [4.69, 9.17) is 15.2 Å². The third-order valence-electron chi connectivity index (χ3n) is 3.12. The molecule has 0 spiro atoms. The Morgan fingerprint density at radius 1 is 1.05 bits per heavy atom. The van der Waals surface area contributed by atoms with Gasteiger partial charge in [-0.25, -0.2) is 0 Å². The number of hydrogen-bond acceptors (Lipinski definition) is 4. The van der Waals surface area contributed by atoms with Crippen LogP contribution in [-0.2, 0) is 6.54 Å². The van der Waals surface area contributed by atoms with E-state index in [9.17, 15) is 4.79 Å². The number of nitrogen functional groups attached to an aromatic ring is 1. The lowest BCUT2D eigenvalue weighted by atomic mass is 10.1. The Morgan fingerprint density at radius 2 is 1.67 bits per heavy atom. The summed E-state index contributed by atoms with van der Waals surface area (Å²) in [5.74, 6) is 1.19. The van der Waals surface area contributed by atoms with Crippen LogP contribution in [0.15, 0.2) is 42.5 Å². The smallest absolute Gasteiger partial charge is 0.253 e. The van der Waals surface area contributed by atoms with E-state index in [1.807, 2.05) is 24.3 Å². The molecule has 0 fully saturated rings. The van der Waals surface area contributed by atoms with Gasteiger partial charge in [-0.1, -0.05) is 12.1 Å². The quantitative estimate of drug-likeness (QED) is 0.827. The summed E-state index contributed by atoms with van der Waals surface area (Å²) in [6.07, 6.45) is 0. The largest absolute Gasteiger partial charge is 0.497 e. The molecule has 0 bridgehead atoms. The maximum absolute atomic E-state index is 12.1. The molecule has 0 aliphatic rings. The summed E-state index contributed by atoms with van der Waals surface area (Å²) in [4.78, 5) is 12.1. The van der Waals surface area contributed by atoms with Gasteiger partial charge in [0.25, 0.3) is 5.91 Å². The summed E-state index contributed by atoms with van der Waals surface area (Å²) in [5, 5.41) is 2.83. The average molecular weight is 286 g/mol. The van der Waals surface area contributed by atoms with Crippen LogP contribution in [0.2, 0.25) is 0 Å². The van der Waals surface area contributed by atoms with Crippen LogP contribution in [0.25, 0.3) is 0 Å². The minimum atomic E-state index is -0.217. The number of rotatable bonds is 5. The van der Waals surface area contributed by atoms with Crippen LogP contribution in [0.4, 0.5) is 5.69 Å². The van der Waals surface area contributed by atoms with Gasteiger partial charge in [-0.05, 0) is 29.8 Å². The lowest BCUT2D eigenvalue weighted by Crippen LogP contribution is -2.23. The predicted octanol–water partition coefficient (Wildman–Crippen LogP) is 2.22. The van der Waals surface area contributed by atoms with E-state index in [1.165, 1.54) is 0 Å². The standard InChI is InChI=1S/C16H18N2O3/c1-20-12-5-3-11(4-6-12)10-18-16(19)14-8-7-13(21-2)9-15(14)17/h3-9H,10,17H2,1-2H3,(H,18,19). The first kappa shape index (κ1) is 14.7. The molecule has 0 aromatic heterocycles. The first-order valence-electron chi connectivity index (χ1n) is 6.48. The summed E-state index contributed by atoms with van der Waals surface area (Å²) in [6.45, 7) is 0.425. The molecule has 0 radical (unpaired) electrons. The highest BCUT2D eigenvalue weighted by Crippen LogP contribution is 2.19. The molecule has 0 aliphatic heterocycles. The molecule has 2 aromatic carbocycles. The Balaban J connectivity index is 2.00. The first-order valence-corrected chi connectivity index (χ1v) is 6.48. The topological polar surface area (TPSA) is 73.6 Å². The van der Waals surface area contributed by atoms with Gasteiger partial charge in [0.1, 0.15) is 11.5 Å². The van der Waals surface area contributed by atoms with Crippen LogP contribution in [0.3, 0.4) is 0 Å². The summed E-state index contributed by atoms with van der Waals surface area (Å²) < 4.78 is 10.1. The van der Waals surface area contributed by atoms with Gasteiger partial charge in [0.05, 0.1) is 19.8 Å². The number of carbonyl (C=O) groups is 1. The molecular formula is C16H18N2O3. The predicted molar refractivity (Wildman–Crippen MR) is 81.6 cm³/mol. The lowest BCUT2D eigenvalue weighted by molar-refractivity contribution is 0.0952. The van der Waals surface area contributed by atoms with Crippen LogP contribution in [0.5, 0.6) is 11.5 Å². The molecule has 0 heterocycles. The number of nitrogens with one attached hydrogen (secondary N) is 1. The zero-order valence-electron chi connectivity index (χ0n) is 12.1. The average Bonchev–Trinajstić information content (AvgIpc) is 2.52. The number of anilines is 1. The van der Waals surface area contributed by atoms with Crippen LogP contribution in [0.1, 0.15) is 15.9 Å². The summed E-state index contributed by atoms with van der Waals surface area (Å²) in [6, 6.07) is 12.5. The number of carbonyl (C=O) groups excluding carboxylic acids is 1. The minimum Gasteiger partial charge on any atom is -0.497 e. The lowest BCUT2D eigenvalue weighted by Gasteiger charge is -2.09. The Bertz CT molecular complexity index is 624. The Morgan fingerprint density at radius 3 is 2.24 bits per heavy atom. The van der Waals surface area contributed by atoms with Gasteiger partial charge in [-0.15, -0.1) is 0 Å². The van der Waals surface area contributed by atoms with Crippen LogP contribution >= 0.6 is 0 Å². The number of hydrogen-bond donors (Lipinski definition) is 2. The van der Waals surface area contributed by atoms with Gasteiger partial charge < -0.3 is 20.5 Å². The van der Waals surface area contributed by atoms with Crippen LogP contribution < -0.4 is 20.5 Å². The molecule has 21 heavy (non-hydrogen) atoms. The molecule has 2 rings (SSSR count). The van der Waals surface area contributed by atoms with E-state index < -0.39 is 0 Å². The van der Waals surface area contributed by atoms with E-state index >= 15 is 0 Å². The van der Waals surface area contributed by atoms with Gasteiger partial charge in [0.2, 0.25) is 0 Å². The number of benzene rings is 2. The second kappa shape index (κ2) is 6.65. The van der Waals surface area contributed by atoms with E-state index in [0.717, 1.165) is 11.3 Å². The van der Waals surface area contributed by atoms with Crippen molar-refractivity contribution in [2.75, 3.05) is 20.0 Å². The minimum absolute atomic E-state index is 0.217. The third-order valence-corrected chi connectivity index (χ3v) is 3.12. The zero-order valence-corrected chi connectivity index (χ0v) is 12.1. The Labute approximate surface area is 123 Å². The van der Waals surface area contributed by atoms with Crippen LogP contribution in [0, 0.1) is 0 Å². The van der Waals surface area contributed by atoms with E-state index in [1.54, 1.807) is 32.4 Å². The van der Waals surface area contributed by atoms with Gasteiger partial charge in [-0.2, -0.15) is 0 Å². The summed E-state index contributed by atoms with van der Waals surface area (Å²) in [7, 11) is 3.17. The zero-order chi connectivity index (χ0) is 15.2. The van der Waals surface area contributed by atoms with Crippen LogP contribution in [-0.4, -0.2) is 20.1 Å². The summed E-state index contributed by atoms with van der Waals surface area (Å²) >= 11 is 0. The molecule has 0 unspecified atom stereocenters. The Hall–Kier alpha value is -2.69. The fraction of sp³-hybridized carbons (Fsp3) is 0.188. The molecule has 3 N–H and O–H groups in total. The molecule has 5 heteroatoms. The van der Waals surface area contributed by atoms with Crippen molar-refractivity contribution >= 4 is 11.6 Å². The van der Waals surface area contributed by atoms with E-state index in [2.05, 4.69) is 5.32 Å². The number of amides is 1. The highest BCUT2D eigenvalue weighted by molar-refractivity contribution is 5.99. The Kier molecular flexibility index (Phi) is 4.66. The molecule has 1 amide bonds. The normalized spacial score (nSPS) is 10.0. The van der Waals surface area contributed by atoms with Gasteiger partial charge in [-0.3, -0.25) is 4.79 Å². The highest BCUT2D eigenvalue weighted by Gasteiger charge is 2.10. The van der Waals surface area contributed by atoms with Crippen molar-refractivity contribution in [2.24, 2.45) is 0 Å². The molecular weight excluding hydrogens is 268 g/mol. The van der Waals surface area contributed by atoms with E-state index in [0.29, 0.717) is 23.5 Å². The molecule has 0 aliphatic carbocycles. The number of nitrogens with two attached hydrogens (primary N) is 1. The van der Waals surface area contributed by atoms with Gasteiger partial charge in [0.15, 0.2) is 0 Å². The van der Waals surface area contributed by atoms with Gasteiger partial charge in [0, 0.05) is 18.3 Å². The third kappa shape index (κ3) is 3.66. The molecule has 2 aromatic rings. The van der Waals surface area contributed by atoms with Crippen molar-refractivity contribution in [2.45, 2.75) is 6.54 Å². The second-order valence-corrected chi connectivity index (χ2v) is 4.48. The van der Waals surface area contributed by atoms with Crippen molar-refractivity contribution in [3.63, 3.8) is 0 Å². The number of ether oxygens (including phenoxy) is 2. The number of methoxy groups -OCH3 is 2. The maximum atomic E-state index is 12.1. The second-order valence-electron chi connectivity index (χ2n) is 4.48. The molecule has 110 valence electrons. The van der Waals surface area contributed by atoms with E-state index in [-0.39, 0.29) is 5.91 Å². The van der Waals surface area contributed by atoms with Gasteiger partial charge >= 0.3 is 0 Å². The molecule has 0 saturated heterocycles. The maximum Gasteiger partial charge on any atom is 0.253 e. The van der Waals surface area contributed by atoms with Crippen molar-refractivity contribution in [1.82, 2.24) is 5.32 Å². The fourth-order valence-electron chi connectivity index (χ4n) is 1.90. The highest BCUT2D eigenvalue weighted by atomic mass is 16.5. The van der Waals surface area contributed by atoms with Crippen molar-refractivity contribution in [1.29, 1.82) is 0 Å². The summed E-state index contributed by atoms with van der Waals surface area (Å²) in [5.41, 5.74) is 7.65. The van der Waals surface area contributed by atoms with Crippen molar-refractivity contribution < 1.29 is 14.3 Å². The SMILES string of the molecule is COc1ccc(CNC(=O)c2ccc(OC)cc2N)cc1. The first-order chi connectivity index (χ1) is 10.1. The van der Waals surface area contributed by atoms with Crippen molar-refractivity contribution in [3.05, 3.63) is 53.6 Å². The van der Waals surface area contributed by atoms with Crippen molar-refractivity contribution in [3.8, 4) is 11.5 Å². The molecule has 5 nitrogen and oxygen atoms in total.